The van der Waals surface area contributed by atoms with Crippen LogP contribution in [0.2, 0.25) is 0 Å². The Kier molecular flexibility index (Phi) is 5.84. The summed E-state index contributed by atoms with van der Waals surface area (Å²) in [6.45, 7) is 0. The van der Waals surface area contributed by atoms with Gasteiger partial charge in [-0.25, -0.2) is 0 Å². The van der Waals surface area contributed by atoms with Crippen molar-refractivity contribution in [3.63, 3.8) is 0 Å². The van der Waals surface area contributed by atoms with Crippen molar-refractivity contribution in [1.82, 2.24) is 0 Å². The zero-order valence-electron chi connectivity index (χ0n) is 4.91. The Balaban J connectivity index is 0.00000121. The van der Waals surface area contributed by atoms with Gasteiger partial charge in [0, 0.05) is 0 Å². The fourth-order valence-electron chi connectivity index (χ4n) is 0.501. The molecule has 1 N–H and O–H groups in total. The molecule has 0 saturated heterocycles. The van der Waals surface area contributed by atoms with Gasteiger partial charge in [-0.3, -0.25) is 4.55 Å². The van der Waals surface area contributed by atoms with Gasteiger partial charge in [0.1, 0.15) is 4.90 Å². The second-order valence-electron chi connectivity index (χ2n) is 1.66. The molecule has 0 amide bonds. The van der Waals surface area contributed by atoms with E-state index in [4.69, 9.17) is 4.55 Å². The molecule has 0 atom stereocenters. The first-order chi connectivity index (χ1) is 4.91. The van der Waals surface area contributed by atoms with Crippen molar-refractivity contribution in [1.29, 1.82) is 0 Å². The van der Waals surface area contributed by atoms with Crippen LogP contribution < -0.4 is 0 Å². The SMILES string of the molecule is O=S(=O)(O)c1cc(Br)sc1Br.[CaH2]. The van der Waals surface area contributed by atoms with E-state index in [1.807, 2.05) is 0 Å². The molecule has 0 aromatic carbocycles. The van der Waals surface area contributed by atoms with Gasteiger partial charge in [-0.05, 0) is 37.9 Å². The normalized spacial score (nSPS) is 10.9. The molecule has 8 heteroatoms. The summed E-state index contributed by atoms with van der Waals surface area (Å²) in [5.41, 5.74) is 0. The van der Waals surface area contributed by atoms with E-state index < -0.39 is 10.1 Å². The maximum absolute atomic E-state index is 10.6. The van der Waals surface area contributed by atoms with Crippen molar-refractivity contribution in [3.05, 3.63) is 13.6 Å². The first-order valence-corrected chi connectivity index (χ1v) is 6.18. The zero-order valence-corrected chi connectivity index (χ0v) is 9.72. The van der Waals surface area contributed by atoms with Crippen LogP contribution in [0.25, 0.3) is 0 Å². The summed E-state index contributed by atoms with van der Waals surface area (Å²) in [5.74, 6) is 0. The van der Waals surface area contributed by atoms with E-state index in [2.05, 4.69) is 31.9 Å². The number of thiophene rings is 1. The van der Waals surface area contributed by atoms with Crippen LogP contribution >= 0.6 is 43.2 Å². The monoisotopic (exact) mass is 362 g/mol. The quantitative estimate of drug-likeness (QED) is 0.609. The molecule has 0 radical (unpaired) electrons. The summed E-state index contributed by atoms with van der Waals surface area (Å²) in [7, 11) is -4.08. The van der Waals surface area contributed by atoms with Crippen LogP contribution in [0.1, 0.15) is 0 Å². The number of rotatable bonds is 1. The van der Waals surface area contributed by atoms with Crippen molar-refractivity contribution in [2.24, 2.45) is 0 Å². The molecule has 12 heavy (non-hydrogen) atoms. The van der Waals surface area contributed by atoms with E-state index in [1.54, 1.807) is 0 Å². The van der Waals surface area contributed by atoms with Gasteiger partial charge < -0.3 is 0 Å². The predicted octanol–water partition coefficient (Wildman–Crippen LogP) is 1.60. The molecule has 66 valence electrons. The Bertz CT molecular complexity index is 372. The second-order valence-corrected chi connectivity index (χ2v) is 6.80. The Morgan fingerprint density at radius 3 is 2.08 bits per heavy atom. The summed E-state index contributed by atoms with van der Waals surface area (Å²) >= 11 is 7.28. The molecule has 1 aromatic heterocycles. The molecule has 1 heterocycles. The van der Waals surface area contributed by atoms with Crippen molar-refractivity contribution in [2.45, 2.75) is 4.90 Å². The van der Waals surface area contributed by atoms with Gasteiger partial charge in [-0.2, -0.15) is 8.42 Å². The summed E-state index contributed by atoms with van der Waals surface area (Å²) in [6.07, 6.45) is 0. The standard InChI is InChI=1S/C4H2Br2O3S2.Ca.2H/c5-3-1-2(4(6)10-3)11(7,8)9;;;/h1H,(H,7,8,9);;;. The van der Waals surface area contributed by atoms with E-state index in [-0.39, 0.29) is 42.6 Å². The first-order valence-electron chi connectivity index (χ1n) is 2.33. The van der Waals surface area contributed by atoms with E-state index in [1.165, 1.54) is 17.4 Å². The molecule has 0 unspecified atom stereocenters. The molecule has 0 spiro atoms. The summed E-state index contributed by atoms with van der Waals surface area (Å²) < 4.78 is 30.8. The molecule has 1 aromatic rings. The molecular formula is C4H4Br2CaO3S2. The van der Waals surface area contributed by atoms with Crippen LogP contribution in [0.4, 0.5) is 0 Å². The minimum absolute atomic E-state index is 0. The van der Waals surface area contributed by atoms with E-state index in [0.29, 0.717) is 7.57 Å². The fraction of sp³-hybridized carbons (Fsp3) is 0. The van der Waals surface area contributed by atoms with Crippen LogP contribution in [0.15, 0.2) is 18.5 Å². The van der Waals surface area contributed by atoms with Crippen molar-refractivity contribution in [2.75, 3.05) is 0 Å². The number of hydrogen-bond donors (Lipinski definition) is 1. The van der Waals surface area contributed by atoms with Crippen LogP contribution in [-0.2, 0) is 10.1 Å². The Labute approximate surface area is 121 Å². The van der Waals surface area contributed by atoms with Crippen molar-refractivity contribution < 1.29 is 13.0 Å². The van der Waals surface area contributed by atoms with Gasteiger partial charge in [0.15, 0.2) is 0 Å². The number of halogens is 2. The van der Waals surface area contributed by atoms with Crippen LogP contribution in [-0.4, -0.2) is 50.7 Å². The van der Waals surface area contributed by atoms with Crippen LogP contribution in [0.5, 0.6) is 0 Å². The van der Waals surface area contributed by atoms with Gasteiger partial charge in [0.05, 0.1) is 7.57 Å². The minimum atomic E-state index is -4.08. The molecular weight excluding hydrogens is 360 g/mol. The van der Waals surface area contributed by atoms with Gasteiger partial charge in [0.25, 0.3) is 10.1 Å². The molecule has 1 rings (SSSR count). The van der Waals surface area contributed by atoms with Crippen LogP contribution in [0, 0.1) is 0 Å². The van der Waals surface area contributed by atoms with Crippen molar-refractivity contribution in [3.8, 4) is 0 Å². The summed E-state index contributed by atoms with van der Waals surface area (Å²) in [4.78, 5) is -0.102. The molecule has 0 saturated carbocycles. The average molecular weight is 364 g/mol. The molecule has 0 fully saturated rings. The molecule has 0 aliphatic carbocycles. The van der Waals surface area contributed by atoms with Crippen molar-refractivity contribution >= 4 is 91.1 Å². The Hall–Kier alpha value is 1.83. The molecule has 0 aliphatic heterocycles. The molecule has 3 nitrogen and oxygen atoms in total. The van der Waals surface area contributed by atoms with Gasteiger partial charge >= 0.3 is 37.7 Å². The maximum atomic E-state index is 10.6. The third kappa shape index (κ3) is 3.53. The number of hydrogen-bond acceptors (Lipinski definition) is 3. The zero-order chi connectivity index (χ0) is 8.65. The first kappa shape index (κ1) is 13.8. The summed E-state index contributed by atoms with van der Waals surface area (Å²) in [5, 5.41) is 0. The van der Waals surface area contributed by atoms with E-state index in [9.17, 15) is 8.42 Å². The third-order valence-corrected chi connectivity index (χ3v) is 4.51. The predicted molar refractivity (Wildman–Crippen MR) is 58.1 cm³/mol. The van der Waals surface area contributed by atoms with Gasteiger partial charge in [0.2, 0.25) is 0 Å². The van der Waals surface area contributed by atoms with Gasteiger partial charge in [-0.15, -0.1) is 11.3 Å². The van der Waals surface area contributed by atoms with E-state index >= 15 is 0 Å². The fourth-order valence-corrected chi connectivity index (χ4v) is 4.76. The Morgan fingerprint density at radius 2 is 1.92 bits per heavy atom. The average Bonchev–Trinajstić information content (AvgIpc) is 2.08. The Morgan fingerprint density at radius 1 is 1.42 bits per heavy atom. The summed E-state index contributed by atoms with van der Waals surface area (Å²) in [6, 6.07) is 1.34. The van der Waals surface area contributed by atoms with Crippen LogP contribution in [0.3, 0.4) is 0 Å². The molecule has 0 bridgehead atoms. The topological polar surface area (TPSA) is 54.4 Å². The molecule has 0 aliphatic rings. The third-order valence-electron chi connectivity index (χ3n) is 0.903. The van der Waals surface area contributed by atoms with E-state index in [0.717, 1.165) is 0 Å². The van der Waals surface area contributed by atoms with Gasteiger partial charge in [-0.1, -0.05) is 0 Å². The second kappa shape index (κ2) is 5.06.